The summed E-state index contributed by atoms with van der Waals surface area (Å²) in [5, 5.41) is 13.8. The molecule has 1 aromatic heterocycles. The third kappa shape index (κ3) is 4.49. The molecule has 1 aliphatic carbocycles. The van der Waals surface area contributed by atoms with E-state index in [1.54, 1.807) is 6.08 Å². The second-order valence-electron chi connectivity index (χ2n) is 7.34. The van der Waals surface area contributed by atoms with Crippen LogP contribution in [-0.4, -0.2) is 21.1 Å². The normalized spacial score (nSPS) is 21.5. The maximum Gasteiger partial charge on any atom is 0.185 e. The molecule has 0 bridgehead atoms. The number of aromatic nitrogens is 2. The fraction of sp³-hybridized carbons (Fsp3) is 0.304. The van der Waals surface area contributed by atoms with Gasteiger partial charge < -0.3 is 16.2 Å². The van der Waals surface area contributed by atoms with E-state index >= 15 is 0 Å². The van der Waals surface area contributed by atoms with Crippen LogP contribution < -0.4 is 11.1 Å². The summed E-state index contributed by atoms with van der Waals surface area (Å²) in [6.45, 7) is 8.09. The minimum absolute atomic E-state index is 0.00879. The zero-order valence-corrected chi connectivity index (χ0v) is 16.5. The first-order valence-electron chi connectivity index (χ1n) is 9.67. The average molecular weight is 377 g/mol. The summed E-state index contributed by atoms with van der Waals surface area (Å²) in [5.74, 6) is 0.831. The highest BCUT2D eigenvalue weighted by Crippen LogP contribution is 2.33. The molecule has 3 rings (SSSR count). The summed E-state index contributed by atoms with van der Waals surface area (Å²) < 4.78 is 0. The minimum atomic E-state index is 0.00879. The highest BCUT2D eigenvalue weighted by molar-refractivity contribution is 5.73. The van der Waals surface area contributed by atoms with Gasteiger partial charge in [0.1, 0.15) is 12.0 Å². The van der Waals surface area contributed by atoms with Gasteiger partial charge in [-0.05, 0) is 37.8 Å². The van der Waals surface area contributed by atoms with Crippen LogP contribution in [-0.2, 0) is 0 Å². The molecule has 2 aromatic rings. The molecule has 0 aliphatic heterocycles. The van der Waals surface area contributed by atoms with Gasteiger partial charge in [-0.3, -0.25) is 0 Å². The predicted octanol–water partition coefficient (Wildman–Crippen LogP) is 4.71. The molecule has 0 radical (unpaired) electrons. The number of aryl methyl sites for hydroxylation is 1. The summed E-state index contributed by atoms with van der Waals surface area (Å²) in [5.41, 5.74) is 10.7. The van der Waals surface area contributed by atoms with Crippen LogP contribution >= 0.6 is 0 Å². The Morgan fingerprint density at radius 1 is 1.25 bits per heavy atom. The van der Waals surface area contributed by atoms with E-state index < -0.39 is 0 Å². The molecule has 0 spiro atoms. The summed E-state index contributed by atoms with van der Waals surface area (Å²) in [6.07, 6.45) is 10.5. The molecule has 0 amide bonds. The number of rotatable bonds is 5. The number of nitrogens with zero attached hydrogens (tertiary/aromatic N) is 2. The van der Waals surface area contributed by atoms with Crippen LogP contribution in [0.3, 0.4) is 0 Å². The Labute approximate surface area is 166 Å². The molecule has 146 valence electrons. The third-order valence-corrected chi connectivity index (χ3v) is 5.23. The van der Waals surface area contributed by atoms with Gasteiger partial charge in [-0.25, -0.2) is 9.97 Å². The van der Waals surface area contributed by atoms with Crippen molar-refractivity contribution in [3.8, 4) is 17.0 Å². The lowest BCUT2D eigenvalue weighted by molar-refractivity contribution is 0.444. The van der Waals surface area contributed by atoms with Gasteiger partial charge in [0.25, 0.3) is 0 Å². The molecule has 0 saturated heterocycles. The molecule has 2 atom stereocenters. The Bertz CT molecular complexity index is 887. The van der Waals surface area contributed by atoms with Gasteiger partial charge in [0.15, 0.2) is 11.6 Å². The summed E-state index contributed by atoms with van der Waals surface area (Å²) >= 11 is 0. The number of hydrogen-bond donors (Lipinski definition) is 3. The van der Waals surface area contributed by atoms with Crippen molar-refractivity contribution in [3.05, 3.63) is 72.2 Å². The topological polar surface area (TPSA) is 84.1 Å². The number of anilines is 1. The van der Waals surface area contributed by atoms with Gasteiger partial charge in [0, 0.05) is 17.3 Å². The van der Waals surface area contributed by atoms with Gasteiger partial charge in [-0.15, -0.1) is 0 Å². The number of hydrogen-bond acceptors (Lipinski definition) is 5. The molecule has 5 nitrogen and oxygen atoms in total. The van der Waals surface area contributed by atoms with Crippen molar-refractivity contribution < 1.29 is 5.11 Å². The predicted molar refractivity (Wildman–Crippen MR) is 115 cm³/mol. The summed E-state index contributed by atoms with van der Waals surface area (Å²) in [6, 6.07) is 7.94. The maximum absolute atomic E-state index is 10.7. The van der Waals surface area contributed by atoms with Crippen LogP contribution in [0.4, 0.5) is 5.82 Å². The van der Waals surface area contributed by atoms with Gasteiger partial charge >= 0.3 is 0 Å². The molecular formula is C23H28N4O. The van der Waals surface area contributed by atoms with E-state index in [1.165, 1.54) is 18.3 Å². The van der Waals surface area contributed by atoms with E-state index in [0.717, 1.165) is 29.7 Å². The molecule has 1 aromatic carbocycles. The van der Waals surface area contributed by atoms with Crippen molar-refractivity contribution in [2.75, 3.05) is 5.32 Å². The largest absolute Gasteiger partial charge is 0.503 e. The zero-order chi connectivity index (χ0) is 20.1. The number of aromatic hydroxyl groups is 1. The highest BCUT2D eigenvalue weighted by atomic mass is 16.3. The number of benzene rings is 1. The SMILES string of the molecule is C=C/C(=C\C=C1/C(C)CCCC1N)Nc1ncnc(-c2ccc(C)cc2)c1O. The van der Waals surface area contributed by atoms with E-state index in [0.29, 0.717) is 17.4 Å². The van der Waals surface area contributed by atoms with Gasteiger partial charge in [-0.2, -0.15) is 0 Å². The molecule has 4 N–H and O–H groups in total. The summed E-state index contributed by atoms with van der Waals surface area (Å²) in [7, 11) is 0. The van der Waals surface area contributed by atoms with Crippen LogP contribution in [0.2, 0.25) is 0 Å². The second kappa shape index (κ2) is 8.85. The first-order valence-corrected chi connectivity index (χ1v) is 9.67. The van der Waals surface area contributed by atoms with Crippen molar-refractivity contribution in [3.63, 3.8) is 0 Å². The zero-order valence-electron chi connectivity index (χ0n) is 16.5. The first kappa shape index (κ1) is 19.8. The van der Waals surface area contributed by atoms with E-state index in [2.05, 4.69) is 34.9 Å². The molecule has 1 fully saturated rings. The molecular weight excluding hydrogens is 348 g/mol. The van der Waals surface area contributed by atoms with Crippen LogP contribution in [0.15, 0.2) is 66.7 Å². The van der Waals surface area contributed by atoms with Crippen molar-refractivity contribution in [1.29, 1.82) is 0 Å². The van der Waals surface area contributed by atoms with E-state index in [4.69, 9.17) is 5.73 Å². The molecule has 1 heterocycles. The van der Waals surface area contributed by atoms with E-state index in [1.807, 2.05) is 37.3 Å². The lowest BCUT2D eigenvalue weighted by atomic mass is 9.82. The fourth-order valence-electron chi connectivity index (χ4n) is 3.51. The van der Waals surface area contributed by atoms with Crippen LogP contribution in [0.5, 0.6) is 5.75 Å². The number of nitrogens with one attached hydrogen (secondary N) is 1. The Morgan fingerprint density at radius 3 is 2.68 bits per heavy atom. The lowest BCUT2D eigenvalue weighted by Gasteiger charge is -2.27. The summed E-state index contributed by atoms with van der Waals surface area (Å²) in [4.78, 5) is 8.42. The van der Waals surface area contributed by atoms with Gasteiger partial charge in [0.05, 0.1) is 0 Å². The molecule has 5 heteroatoms. The van der Waals surface area contributed by atoms with Crippen LogP contribution in [0.25, 0.3) is 11.3 Å². The smallest absolute Gasteiger partial charge is 0.185 e. The van der Waals surface area contributed by atoms with E-state index in [9.17, 15) is 5.11 Å². The highest BCUT2D eigenvalue weighted by Gasteiger charge is 2.20. The van der Waals surface area contributed by atoms with Crippen molar-refractivity contribution >= 4 is 5.82 Å². The standard InChI is InChI=1S/C23H28N4O/c1-4-18(12-13-19-16(3)6-5-7-20(19)24)27-23-22(28)21(25-14-26-23)17-10-8-15(2)9-11-17/h4,8-14,16,20,28H,1,5-7,24H2,2-3H3,(H,25,26,27)/b18-12+,19-13+. The molecule has 2 unspecified atom stereocenters. The van der Waals surface area contributed by atoms with Crippen molar-refractivity contribution in [1.82, 2.24) is 9.97 Å². The van der Waals surface area contributed by atoms with Gasteiger partial charge in [0.2, 0.25) is 0 Å². The van der Waals surface area contributed by atoms with E-state index in [-0.39, 0.29) is 11.8 Å². The monoisotopic (exact) mass is 376 g/mol. The molecule has 1 aliphatic rings. The van der Waals surface area contributed by atoms with Crippen LogP contribution in [0.1, 0.15) is 31.7 Å². The Balaban J connectivity index is 1.86. The van der Waals surface area contributed by atoms with Crippen molar-refractivity contribution in [2.24, 2.45) is 11.7 Å². The minimum Gasteiger partial charge on any atom is -0.503 e. The Kier molecular flexibility index (Phi) is 6.26. The van der Waals surface area contributed by atoms with Crippen LogP contribution in [0, 0.1) is 12.8 Å². The average Bonchev–Trinajstić information content (AvgIpc) is 2.69. The quantitative estimate of drug-likeness (QED) is 0.658. The first-order chi connectivity index (χ1) is 13.5. The Hall–Kier alpha value is -2.92. The lowest BCUT2D eigenvalue weighted by Crippen LogP contribution is -2.30. The molecule has 28 heavy (non-hydrogen) atoms. The second-order valence-corrected chi connectivity index (χ2v) is 7.34. The third-order valence-electron chi connectivity index (χ3n) is 5.23. The molecule has 1 saturated carbocycles. The number of allylic oxidation sites excluding steroid dienone is 3. The fourth-order valence-corrected chi connectivity index (χ4v) is 3.51. The van der Waals surface area contributed by atoms with Crippen molar-refractivity contribution in [2.45, 2.75) is 39.2 Å². The number of nitrogens with two attached hydrogens (primary N) is 1. The van der Waals surface area contributed by atoms with Gasteiger partial charge in [-0.1, -0.05) is 61.4 Å². The Morgan fingerprint density at radius 2 is 2.00 bits per heavy atom. The maximum atomic E-state index is 10.7.